The first kappa shape index (κ1) is 37.4. The van der Waals surface area contributed by atoms with Crippen LogP contribution < -0.4 is 0 Å². The molecule has 7 nitrogen and oxygen atoms in total. The first-order valence-electron chi connectivity index (χ1n) is 22.4. The zero-order valence-electron chi connectivity index (χ0n) is 36.4. The van der Waals surface area contributed by atoms with E-state index in [1.54, 1.807) is 0 Å². The smallest absolute Gasteiger partial charge is 0.169 e. The topological polar surface area (TPSA) is 65.3 Å². The van der Waals surface area contributed by atoms with Crippen LogP contribution in [0.5, 0.6) is 0 Å². The molecule has 0 spiro atoms. The molecule has 0 atom stereocenters. The highest BCUT2D eigenvalue weighted by atomic mass is 15.3. The van der Waals surface area contributed by atoms with Gasteiger partial charge in [-0.15, -0.1) is 20.4 Å². The SMILES string of the molecule is CC(C)(C)c1ccc2c(c1)c1ccccc1c1nnc(CCc3ccc4c5cc(-c6ccccc6)ccc5n5c(-c6ccc(-n7c8ccccc8c8ccccc87)cc6)nnc5c4c3)n21. The highest BCUT2D eigenvalue weighted by Gasteiger charge is 2.21. The van der Waals surface area contributed by atoms with E-state index in [1.807, 2.05) is 0 Å². The first-order chi connectivity index (χ1) is 31.9. The molecule has 7 heteroatoms. The Kier molecular flexibility index (Phi) is 8.16. The summed E-state index contributed by atoms with van der Waals surface area (Å²) in [6.45, 7) is 6.81. The third-order valence-electron chi connectivity index (χ3n) is 13.5. The number of para-hydroxylation sites is 2. The molecule has 0 radical (unpaired) electrons. The zero-order chi connectivity index (χ0) is 43.4. The van der Waals surface area contributed by atoms with Gasteiger partial charge >= 0.3 is 0 Å². The lowest BCUT2D eigenvalue weighted by Crippen LogP contribution is -2.11. The lowest BCUT2D eigenvalue weighted by molar-refractivity contribution is 0.591. The van der Waals surface area contributed by atoms with Crippen LogP contribution in [0.3, 0.4) is 0 Å². The Bertz CT molecular complexity index is 3980. The first-order valence-corrected chi connectivity index (χ1v) is 22.4. The van der Waals surface area contributed by atoms with Crippen LogP contribution in [0.4, 0.5) is 0 Å². The summed E-state index contributed by atoms with van der Waals surface area (Å²) in [7, 11) is 0. The number of fused-ring (bicyclic) bond motifs is 15. The Morgan fingerprint density at radius 3 is 1.74 bits per heavy atom. The van der Waals surface area contributed by atoms with Crippen LogP contribution in [0.2, 0.25) is 0 Å². The van der Waals surface area contributed by atoms with E-state index in [4.69, 9.17) is 20.4 Å². The Morgan fingerprint density at radius 2 is 0.985 bits per heavy atom. The summed E-state index contributed by atoms with van der Waals surface area (Å²) in [4.78, 5) is 0. The highest BCUT2D eigenvalue weighted by molar-refractivity contribution is 6.14. The highest BCUT2D eigenvalue weighted by Crippen LogP contribution is 2.38. The summed E-state index contributed by atoms with van der Waals surface area (Å²) in [6, 6.07) is 65.7. The second-order valence-corrected chi connectivity index (χ2v) is 18.4. The predicted octanol–water partition coefficient (Wildman–Crippen LogP) is 13.9. The van der Waals surface area contributed by atoms with Crippen LogP contribution in [0.1, 0.15) is 37.7 Å². The van der Waals surface area contributed by atoms with Crippen LogP contribution in [0, 0.1) is 0 Å². The third-order valence-corrected chi connectivity index (χ3v) is 13.5. The minimum atomic E-state index is 0.0281. The molecule has 0 saturated carbocycles. The summed E-state index contributed by atoms with van der Waals surface area (Å²) in [6.07, 6.45) is 1.50. The molecule has 0 fully saturated rings. The largest absolute Gasteiger partial charge is 0.309 e. The van der Waals surface area contributed by atoms with Gasteiger partial charge in [0, 0.05) is 50.0 Å². The van der Waals surface area contributed by atoms with Gasteiger partial charge in [-0.1, -0.05) is 136 Å². The molecule has 0 N–H and O–H groups in total. The van der Waals surface area contributed by atoms with E-state index >= 15 is 0 Å². The van der Waals surface area contributed by atoms with Crippen LogP contribution in [0.25, 0.3) is 105 Å². The van der Waals surface area contributed by atoms with Gasteiger partial charge in [0.1, 0.15) is 5.82 Å². The fourth-order valence-corrected chi connectivity index (χ4v) is 10.2. The van der Waals surface area contributed by atoms with E-state index in [0.29, 0.717) is 0 Å². The minimum absolute atomic E-state index is 0.0281. The summed E-state index contributed by atoms with van der Waals surface area (Å²) >= 11 is 0. The second-order valence-electron chi connectivity index (χ2n) is 18.4. The molecule has 0 aliphatic carbocycles. The maximum atomic E-state index is 4.97. The molecule has 5 heterocycles. The summed E-state index contributed by atoms with van der Waals surface area (Å²) < 4.78 is 6.88. The van der Waals surface area contributed by atoms with Gasteiger partial charge in [0.25, 0.3) is 0 Å². The molecule has 0 unspecified atom stereocenters. The van der Waals surface area contributed by atoms with E-state index in [2.05, 4.69) is 216 Å². The van der Waals surface area contributed by atoms with Gasteiger partial charge in [-0.05, 0) is 112 Å². The van der Waals surface area contributed by atoms with Crippen LogP contribution in [-0.2, 0) is 18.3 Å². The molecule has 65 heavy (non-hydrogen) atoms. The quantitative estimate of drug-likeness (QED) is 0.157. The molecule has 5 aromatic heterocycles. The normalized spacial score (nSPS) is 12.4. The molecule has 0 aliphatic heterocycles. The molecule has 13 rings (SSSR count). The number of nitrogens with zero attached hydrogens (tertiary/aromatic N) is 7. The predicted molar refractivity (Wildman–Crippen MR) is 267 cm³/mol. The monoisotopic (exact) mass is 837 g/mol. The van der Waals surface area contributed by atoms with E-state index < -0.39 is 0 Å². The Hall–Kier alpha value is -8.16. The van der Waals surface area contributed by atoms with E-state index in [0.717, 1.165) is 79.6 Å². The van der Waals surface area contributed by atoms with Crippen molar-refractivity contribution in [1.29, 1.82) is 0 Å². The van der Waals surface area contributed by atoms with E-state index in [1.165, 1.54) is 54.8 Å². The lowest BCUT2D eigenvalue weighted by Gasteiger charge is -2.20. The van der Waals surface area contributed by atoms with Crippen LogP contribution >= 0.6 is 0 Å². The average molecular weight is 838 g/mol. The zero-order valence-corrected chi connectivity index (χ0v) is 36.4. The van der Waals surface area contributed by atoms with E-state index in [-0.39, 0.29) is 5.41 Å². The molecular weight excluding hydrogens is 795 g/mol. The van der Waals surface area contributed by atoms with Crippen molar-refractivity contribution in [3.63, 3.8) is 0 Å². The Morgan fingerprint density at radius 1 is 0.385 bits per heavy atom. The molecule has 13 aromatic rings. The van der Waals surface area contributed by atoms with Crippen molar-refractivity contribution in [2.75, 3.05) is 0 Å². The molecule has 310 valence electrons. The number of benzene rings is 8. The number of hydrogen-bond donors (Lipinski definition) is 0. The van der Waals surface area contributed by atoms with Crippen molar-refractivity contribution >= 4 is 76.5 Å². The molecule has 0 bridgehead atoms. The number of aromatic nitrogens is 7. The fraction of sp³-hybridized carbons (Fsp3) is 0.103. The van der Waals surface area contributed by atoms with Crippen molar-refractivity contribution in [3.8, 4) is 28.2 Å². The molecular formula is C58H43N7. The van der Waals surface area contributed by atoms with Gasteiger partial charge in [0.15, 0.2) is 17.1 Å². The van der Waals surface area contributed by atoms with Crippen molar-refractivity contribution < 1.29 is 0 Å². The van der Waals surface area contributed by atoms with Crippen molar-refractivity contribution in [2.24, 2.45) is 0 Å². The summed E-state index contributed by atoms with van der Waals surface area (Å²) in [5, 5.41) is 29.0. The standard InChI is InChI=1S/C58H43N7/c1-58(2,3)40-26-31-52-48(35-40)42-15-7-8-18-46(42)56-61-59-54(64(52)56)32-22-36-21-29-43-47-34-39(37-13-5-4-6-14-37)25-30-53(47)65-55(60-62-57(65)49(43)33-36)38-23-27-41(28-24-38)63-50-19-11-9-16-44(50)45-17-10-12-20-51(45)63/h4-21,23-31,33-35H,22,32H2,1-3H3. The van der Waals surface area contributed by atoms with Crippen LogP contribution in [0.15, 0.2) is 182 Å². The van der Waals surface area contributed by atoms with Gasteiger partial charge in [-0.2, -0.15) is 0 Å². The van der Waals surface area contributed by atoms with Crippen molar-refractivity contribution in [2.45, 2.75) is 39.0 Å². The number of pyridine rings is 2. The fourth-order valence-electron chi connectivity index (χ4n) is 10.2. The Balaban J connectivity index is 0.940. The second kappa shape index (κ2) is 14.2. The van der Waals surface area contributed by atoms with Gasteiger partial charge in [0.05, 0.1) is 22.1 Å². The molecule has 0 saturated heterocycles. The van der Waals surface area contributed by atoms with Crippen LogP contribution in [-0.4, -0.2) is 33.8 Å². The molecule has 8 aromatic carbocycles. The van der Waals surface area contributed by atoms with E-state index in [9.17, 15) is 0 Å². The maximum Gasteiger partial charge on any atom is 0.169 e. The number of hydrogen-bond acceptors (Lipinski definition) is 4. The Labute approximate surface area is 374 Å². The third kappa shape index (κ3) is 5.82. The average Bonchev–Trinajstić information content (AvgIpc) is 4.08. The maximum absolute atomic E-state index is 4.97. The molecule has 0 amide bonds. The number of rotatable bonds is 6. The summed E-state index contributed by atoms with van der Waals surface area (Å²) in [5.41, 5.74) is 13.3. The lowest BCUT2D eigenvalue weighted by atomic mass is 9.86. The molecule has 0 aliphatic rings. The van der Waals surface area contributed by atoms with Gasteiger partial charge in [0.2, 0.25) is 0 Å². The van der Waals surface area contributed by atoms with Gasteiger partial charge in [-0.3, -0.25) is 8.80 Å². The van der Waals surface area contributed by atoms with Crippen molar-refractivity contribution in [1.82, 2.24) is 33.8 Å². The minimum Gasteiger partial charge on any atom is -0.309 e. The van der Waals surface area contributed by atoms with Crippen molar-refractivity contribution in [3.05, 3.63) is 199 Å². The van der Waals surface area contributed by atoms with Gasteiger partial charge in [-0.25, -0.2) is 0 Å². The summed E-state index contributed by atoms with van der Waals surface area (Å²) in [5.74, 6) is 1.76. The number of aryl methyl sites for hydroxylation is 2. The van der Waals surface area contributed by atoms with Gasteiger partial charge < -0.3 is 4.57 Å².